The number of nitrogens with one attached hydrogen (secondary N) is 1. The first-order chi connectivity index (χ1) is 11.3. The quantitative estimate of drug-likeness (QED) is 0.762. The summed E-state index contributed by atoms with van der Waals surface area (Å²) in [6.07, 6.45) is 9.14. The molecule has 2 aromatic carbocycles. The van der Waals surface area contributed by atoms with Gasteiger partial charge in [0.15, 0.2) is 0 Å². The fourth-order valence-corrected chi connectivity index (χ4v) is 6.19. The molecule has 120 valence electrons. The normalized spacial score (nSPS) is 34.9. The lowest BCUT2D eigenvalue weighted by Crippen LogP contribution is -2.45. The molecule has 1 nitrogen and oxygen atoms in total. The summed E-state index contributed by atoms with van der Waals surface area (Å²) in [5.41, 5.74) is 1.28. The van der Waals surface area contributed by atoms with Crippen molar-refractivity contribution in [1.82, 2.24) is 0 Å². The third kappa shape index (κ3) is 2.55. The predicted octanol–water partition coefficient (Wildman–Crippen LogP) is 5.71. The summed E-state index contributed by atoms with van der Waals surface area (Å²) in [4.78, 5) is 0. The van der Waals surface area contributed by atoms with Gasteiger partial charge in [-0.1, -0.05) is 30.3 Å². The number of benzene rings is 2. The summed E-state index contributed by atoms with van der Waals surface area (Å²) in [5, 5.41) is 6.37. The standard InChI is InChI=1S/C22H27N/c1-2-4-18-14-21(6-5-17(18)3-1)23-8-7-22-19-10-15-9-16(12-19)13-20(22)11-15/h1-6,14-16,19-20,22-23H,7-13H2. The maximum Gasteiger partial charge on any atom is 0.0346 e. The van der Waals surface area contributed by atoms with Crippen molar-refractivity contribution in [2.24, 2.45) is 29.6 Å². The summed E-state index contributed by atoms with van der Waals surface area (Å²) in [6.45, 7) is 1.14. The van der Waals surface area contributed by atoms with Crippen LogP contribution < -0.4 is 5.32 Å². The van der Waals surface area contributed by atoms with Crippen LogP contribution >= 0.6 is 0 Å². The van der Waals surface area contributed by atoms with Crippen LogP contribution in [0.25, 0.3) is 10.8 Å². The Labute approximate surface area is 139 Å². The monoisotopic (exact) mass is 305 g/mol. The molecule has 0 unspecified atom stereocenters. The second-order valence-electron chi connectivity index (χ2n) is 8.37. The number of rotatable bonds is 4. The van der Waals surface area contributed by atoms with Crippen molar-refractivity contribution in [2.75, 3.05) is 11.9 Å². The second kappa shape index (κ2) is 5.54. The highest BCUT2D eigenvalue weighted by Crippen LogP contribution is 2.57. The maximum absolute atomic E-state index is 3.70. The molecule has 4 aliphatic carbocycles. The molecule has 2 aromatic rings. The first-order valence-electron chi connectivity index (χ1n) is 9.58. The van der Waals surface area contributed by atoms with E-state index in [9.17, 15) is 0 Å². The number of anilines is 1. The van der Waals surface area contributed by atoms with Crippen LogP contribution in [0, 0.1) is 29.6 Å². The summed E-state index contributed by atoms with van der Waals surface area (Å²) >= 11 is 0. The van der Waals surface area contributed by atoms with Gasteiger partial charge in [0, 0.05) is 12.2 Å². The fraction of sp³-hybridized carbons (Fsp3) is 0.545. The summed E-state index contributed by atoms with van der Waals surface area (Å²) in [7, 11) is 0. The molecule has 0 saturated heterocycles. The van der Waals surface area contributed by atoms with E-state index in [1.165, 1.54) is 22.9 Å². The van der Waals surface area contributed by atoms with E-state index in [0.29, 0.717) is 0 Å². The Morgan fingerprint density at radius 3 is 2.22 bits per heavy atom. The van der Waals surface area contributed by atoms with E-state index in [-0.39, 0.29) is 0 Å². The maximum atomic E-state index is 3.70. The first kappa shape index (κ1) is 13.9. The topological polar surface area (TPSA) is 12.0 Å². The Kier molecular flexibility index (Phi) is 3.35. The number of hydrogen-bond donors (Lipinski definition) is 1. The fourth-order valence-electron chi connectivity index (χ4n) is 6.19. The highest BCUT2D eigenvalue weighted by Gasteiger charge is 2.47. The Morgan fingerprint density at radius 1 is 0.783 bits per heavy atom. The molecule has 0 atom stereocenters. The van der Waals surface area contributed by atoms with Gasteiger partial charge in [0.1, 0.15) is 0 Å². The summed E-state index contributed by atoms with van der Waals surface area (Å²) in [5.74, 6) is 5.33. The SMILES string of the molecule is c1ccc2cc(NCCC3C4CC5CC(C4)CC3C5)ccc2c1. The Hall–Kier alpha value is -1.50. The van der Waals surface area contributed by atoms with Crippen molar-refractivity contribution in [3.63, 3.8) is 0 Å². The van der Waals surface area contributed by atoms with Crippen LogP contribution in [0.2, 0.25) is 0 Å². The highest BCUT2D eigenvalue weighted by atomic mass is 14.9. The van der Waals surface area contributed by atoms with Gasteiger partial charge < -0.3 is 5.32 Å². The molecule has 4 saturated carbocycles. The first-order valence-corrected chi connectivity index (χ1v) is 9.58. The zero-order valence-corrected chi connectivity index (χ0v) is 13.9. The molecule has 1 heteroatoms. The van der Waals surface area contributed by atoms with Crippen LogP contribution in [0.3, 0.4) is 0 Å². The third-order valence-electron chi connectivity index (χ3n) is 6.98. The average molecular weight is 305 g/mol. The lowest BCUT2D eigenvalue weighted by atomic mass is 9.51. The van der Waals surface area contributed by atoms with Crippen LogP contribution in [0.4, 0.5) is 5.69 Å². The van der Waals surface area contributed by atoms with Crippen molar-refractivity contribution in [2.45, 2.75) is 38.5 Å². The summed E-state index contributed by atoms with van der Waals surface area (Å²) < 4.78 is 0. The van der Waals surface area contributed by atoms with E-state index in [1.54, 1.807) is 32.1 Å². The second-order valence-corrected chi connectivity index (χ2v) is 8.37. The minimum absolute atomic E-state index is 1.01. The molecule has 4 bridgehead atoms. The van der Waals surface area contributed by atoms with Gasteiger partial charge in [-0.3, -0.25) is 0 Å². The van der Waals surface area contributed by atoms with Crippen molar-refractivity contribution in [3.8, 4) is 0 Å². The minimum atomic E-state index is 1.01. The molecular formula is C22H27N. The van der Waals surface area contributed by atoms with E-state index in [2.05, 4.69) is 47.8 Å². The minimum Gasteiger partial charge on any atom is -0.385 e. The Morgan fingerprint density at radius 2 is 1.48 bits per heavy atom. The lowest BCUT2D eigenvalue weighted by molar-refractivity contribution is -0.0381. The van der Waals surface area contributed by atoms with Crippen LogP contribution in [0.1, 0.15) is 38.5 Å². The van der Waals surface area contributed by atoms with Gasteiger partial charge >= 0.3 is 0 Å². The van der Waals surface area contributed by atoms with Crippen molar-refractivity contribution < 1.29 is 0 Å². The molecule has 0 heterocycles. The Bertz CT molecular complexity index is 676. The van der Waals surface area contributed by atoms with E-state index >= 15 is 0 Å². The van der Waals surface area contributed by atoms with Crippen molar-refractivity contribution in [1.29, 1.82) is 0 Å². The van der Waals surface area contributed by atoms with Gasteiger partial charge in [-0.2, -0.15) is 0 Å². The van der Waals surface area contributed by atoms with Crippen LogP contribution in [0.5, 0.6) is 0 Å². The van der Waals surface area contributed by atoms with Crippen LogP contribution in [0.15, 0.2) is 42.5 Å². The average Bonchev–Trinajstić information content (AvgIpc) is 2.56. The number of fused-ring (bicyclic) bond motifs is 1. The summed E-state index contributed by atoms with van der Waals surface area (Å²) in [6, 6.07) is 15.4. The lowest BCUT2D eigenvalue weighted by Gasteiger charge is -2.54. The molecule has 23 heavy (non-hydrogen) atoms. The highest BCUT2D eigenvalue weighted by molar-refractivity contribution is 5.85. The van der Waals surface area contributed by atoms with Gasteiger partial charge in [-0.05, 0) is 91.0 Å². The van der Waals surface area contributed by atoms with E-state index in [1.807, 2.05) is 0 Å². The molecule has 0 radical (unpaired) electrons. The molecule has 4 aliphatic rings. The molecule has 0 aliphatic heterocycles. The van der Waals surface area contributed by atoms with Crippen molar-refractivity contribution >= 4 is 16.5 Å². The van der Waals surface area contributed by atoms with Crippen LogP contribution in [-0.2, 0) is 0 Å². The molecule has 0 aromatic heterocycles. The Balaban J connectivity index is 1.23. The molecule has 0 amide bonds. The zero-order valence-electron chi connectivity index (χ0n) is 13.9. The predicted molar refractivity (Wildman–Crippen MR) is 97.6 cm³/mol. The molecular weight excluding hydrogens is 278 g/mol. The smallest absolute Gasteiger partial charge is 0.0346 e. The van der Waals surface area contributed by atoms with Gasteiger partial charge in [0.25, 0.3) is 0 Å². The largest absolute Gasteiger partial charge is 0.385 e. The van der Waals surface area contributed by atoms with E-state index in [4.69, 9.17) is 0 Å². The van der Waals surface area contributed by atoms with Gasteiger partial charge in [0.2, 0.25) is 0 Å². The molecule has 0 spiro atoms. The van der Waals surface area contributed by atoms with Crippen LogP contribution in [-0.4, -0.2) is 6.54 Å². The van der Waals surface area contributed by atoms with E-state index < -0.39 is 0 Å². The third-order valence-corrected chi connectivity index (χ3v) is 6.98. The molecule has 6 rings (SSSR count). The zero-order chi connectivity index (χ0) is 15.2. The van der Waals surface area contributed by atoms with Gasteiger partial charge in [-0.25, -0.2) is 0 Å². The van der Waals surface area contributed by atoms with Gasteiger partial charge in [0.05, 0.1) is 0 Å². The van der Waals surface area contributed by atoms with Gasteiger partial charge in [-0.15, -0.1) is 0 Å². The molecule has 4 fully saturated rings. The van der Waals surface area contributed by atoms with E-state index in [0.717, 1.165) is 36.1 Å². The molecule has 1 N–H and O–H groups in total. The van der Waals surface area contributed by atoms with Crippen molar-refractivity contribution in [3.05, 3.63) is 42.5 Å². The number of hydrogen-bond acceptors (Lipinski definition) is 1.